The molecule has 1 saturated heterocycles. The van der Waals surface area contributed by atoms with Gasteiger partial charge < -0.3 is 29.0 Å². The van der Waals surface area contributed by atoms with Crippen LogP contribution in [0.5, 0.6) is 5.75 Å². The Morgan fingerprint density at radius 1 is 0.946 bits per heavy atom. The number of morpholine rings is 1. The fourth-order valence-electron chi connectivity index (χ4n) is 4.24. The number of nitrogens with one attached hydrogen (secondary N) is 1. The van der Waals surface area contributed by atoms with E-state index in [1.807, 2.05) is 66.7 Å². The molecule has 3 aromatic carbocycles. The zero-order chi connectivity index (χ0) is 25.6. The number of benzene rings is 3. The van der Waals surface area contributed by atoms with Gasteiger partial charge in [-0.25, -0.2) is 0 Å². The molecule has 190 valence electrons. The minimum Gasteiger partial charge on any atom is -0.486 e. The SMILES string of the molecule is CN(CC(=O)Nc1ccc(N2CCOCC2)cc1)C(=O)c1ccc(COc2ccc3ccccc3c2)o1. The number of carbonyl (C=O) groups excluding carboxylic acids is 2. The van der Waals surface area contributed by atoms with Crippen molar-refractivity contribution in [2.24, 2.45) is 0 Å². The molecule has 37 heavy (non-hydrogen) atoms. The first kappa shape index (κ1) is 24.4. The van der Waals surface area contributed by atoms with Gasteiger partial charge in [0.2, 0.25) is 5.91 Å². The van der Waals surface area contributed by atoms with E-state index in [1.165, 1.54) is 4.90 Å². The zero-order valence-electron chi connectivity index (χ0n) is 20.7. The van der Waals surface area contributed by atoms with Crippen molar-refractivity contribution < 1.29 is 23.5 Å². The van der Waals surface area contributed by atoms with Crippen LogP contribution in [0.15, 0.2) is 83.3 Å². The van der Waals surface area contributed by atoms with Crippen molar-refractivity contribution in [3.8, 4) is 5.75 Å². The van der Waals surface area contributed by atoms with Gasteiger partial charge in [-0.2, -0.15) is 0 Å². The number of furan rings is 1. The van der Waals surface area contributed by atoms with Crippen molar-refractivity contribution in [3.63, 3.8) is 0 Å². The third kappa shape index (κ3) is 6.10. The average molecular weight is 500 g/mol. The minimum absolute atomic E-state index is 0.104. The van der Waals surface area contributed by atoms with Gasteiger partial charge >= 0.3 is 0 Å². The van der Waals surface area contributed by atoms with E-state index in [0.717, 1.165) is 35.3 Å². The third-order valence-corrected chi connectivity index (χ3v) is 6.23. The van der Waals surface area contributed by atoms with Crippen molar-refractivity contribution in [2.45, 2.75) is 6.61 Å². The monoisotopic (exact) mass is 499 g/mol. The molecule has 0 saturated carbocycles. The van der Waals surface area contributed by atoms with Crippen molar-refractivity contribution >= 4 is 34.0 Å². The largest absolute Gasteiger partial charge is 0.486 e. The van der Waals surface area contributed by atoms with E-state index in [1.54, 1.807) is 19.2 Å². The Bertz CT molecular complexity index is 1380. The second-order valence-corrected chi connectivity index (χ2v) is 8.92. The average Bonchev–Trinajstić information content (AvgIpc) is 3.41. The van der Waals surface area contributed by atoms with Gasteiger partial charge in [-0.1, -0.05) is 30.3 Å². The summed E-state index contributed by atoms with van der Waals surface area (Å²) in [5, 5.41) is 5.06. The quantitative estimate of drug-likeness (QED) is 0.383. The number of hydrogen-bond donors (Lipinski definition) is 1. The van der Waals surface area contributed by atoms with Crippen LogP contribution in [0.4, 0.5) is 11.4 Å². The second kappa shape index (κ2) is 11.2. The number of fused-ring (bicyclic) bond motifs is 1. The summed E-state index contributed by atoms with van der Waals surface area (Å²) < 4.78 is 16.9. The number of nitrogens with zero attached hydrogens (tertiary/aromatic N) is 2. The molecular formula is C29H29N3O5. The molecule has 2 heterocycles. The van der Waals surface area contributed by atoms with Gasteiger partial charge in [0.05, 0.1) is 19.8 Å². The molecule has 8 heteroatoms. The van der Waals surface area contributed by atoms with E-state index in [2.05, 4.69) is 10.2 Å². The molecule has 0 aliphatic carbocycles. The number of hydrogen-bond acceptors (Lipinski definition) is 6. The normalized spacial score (nSPS) is 13.4. The third-order valence-electron chi connectivity index (χ3n) is 6.23. The first-order valence-corrected chi connectivity index (χ1v) is 12.2. The Hall–Kier alpha value is -4.30. The van der Waals surface area contributed by atoms with Crippen LogP contribution >= 0.6 is 0 Å². The molecule has 0 unspecified atom stereocenters. The van der Waals surface area contributed by atoms with Crippen molar-refractivity contribution in [1.29, 1.82) is 0 Å². The van der Waals surface area contributed by atoms with E-state index in [4.69, 9.17) is 13.9 Å². The molecule has 0 atom stereocenters. The fraction of sp³-hybridized carbons (Fsp3) is 0.241. The lowest BCUT2D eigenvalue weighted by atomic mass is 10.1. The van der Waals surface area contributed by atoms with Crippen LogP contribution in [0.2, 0.25) is 0 Å². The maximum absolute atomic E-state index is 12.8. The predicted octanol–water partition coefficient (Wildman–Crippen LogP) is 4.56. The topological polar surface area (TPSA) is 84.2 Å². The highest BCUT2D eigenvalue weighted by Crippen LogP contribution is 2.22. The predicted molar refractivity (Wildman–Crippen MR) is 142 cm³/mol. The Balaban J connectivity index is 1.11. The molecule has 1 N–H and O–H groups in total. The van der Waals surface area contributed by atoms with Gasteiger partial charge in [-0.15, -0.1) is 0 Å². The molecule has 1 aromatic heterocycles. The molecule has 0 spiro atoms. The van der Waals surface area contributed by atoms with Crippen LogP contribution in [0.25, 0.3) is 10.8 Å². The summed E-state index contributed by atoms with van der Waals surface area (Å²) in [6.45, 7) is 3.22. The molecule has 0 radical (unpaired) electrons. The van der Waals surface area contributed by atoms with E-state index in [0.29, 0.717) is 24.7 Å². The fourth-order valence-corrected chi connectivity index (χ4v) is 4.24. The first-order valence-electron chi connectivity index (χ1n) is 12.2. The highest BCUT2D eigenvalue weighted by atomic mass is 16.5. The van der Waals surface area contributed by atoms with Crippen molar-refractivity contribution in [3.05, 3.63) is 90.4 Å². The Labute approximate surface area is 215 Å². The van der Waals surface area contributed by atoms with Crippen LogP contribution in [0, 0.1) is 0 Å². The maximum Gasteiger partial charge on any atom is 0.289 e. The molecule has 5 rings (SSSR count). The summed E-state index contributed by atoms with van der Waals surface area (Å²) >= 11 is 0. The number of likely N-dealkylation sites (N-methyl/N-ethyl adjacent to an activating group) is 1. The van der Waals surface area contributed by atoms with E-state index in [-0.39, 0.29) is 30.7 Å². The standard InChI is InChI=1S/C29H29N3O5/c1-31(19-28(33)30-23-7-9-24(10-8-23)32-14-16-35-17-15-32)29(34)27-13-12-26(37-27)20-36-25-11-6-21-4-2-3-5-22(21)18-25/h2-13,18H,14-17,19-20H2,1H3,(H,30,33). The summed E-state index contributed by atoms with van der Waals surface area (Å²) in [5.74, 6) is 0.725. The van der Waals surface area contributed by atoms with Crippen LogP contribution < -0.4 is 15.0 Å². The number of ether oxygens (including phenoxy) is 2. The van der Waals surface area contributed by atoms with E-state index < -0.39 is 0 Å². The first-order chi connectivity index (χ1) is 18.0. The molecule has 1 aliphatic heterocycles. The highest BCUT2D eigenvalue weighted by molar-refractivity contribution is 5.98. The summed E-state index contributed by atoms with van der Waals surface area (Å²) in [5.41, 5.74) is 1.76. The smallest absolute Gasteiger partial charge is 0.289 e. The van der Waals surface area contributed by atoms with Crippen LogP contribution in [-0.4, -0.2) is 56.6 Å². The second-order valence-electron chi connectivity index (χ2n) is 8.92. The van der Waals surface area contributed by atoms with Crippen LogP contribution in [0.1, 0.15) is 16.3 Å². The number of anilines is 2. The van der Waals surface area contributed by atoms with Gasteiger partial charge in [-0.3, -0.25) is 9.59 Å². The molecule has 1 aliphatic rings. The molecule has 0 bridgehead atoms. The molecule has 8 nitrogen and oxygen atoms in total. The molecule has 2 amide bonds. The van der Waals surface area contributed by atoms with Crippen LogP contribution in [-0.2, 0) is 16.1 Å². The van der Waals surface area contributed by atoms with Crippen LogP contribution in [0.3, 0.4) is 0 Å². The molecular weight excluding hydrogens is 470 g/mol. The van der Waals surface area contributed by atoms with Gasteiger partial charge in [0.15, 0.2) is 5.76 Å². The lowest BCUT2D eigenvalue weighted by molar-refractivity contribution is -0.116. The van der Waals surface area contributed by atoms with Gasteiger partial charge in [0.1, 0.15) is 18.1 Å². The number of amides is 2. The van der Waals surface area contributed by atoms with Gasteiger partial charge in [0, 0.05) is 31.5 Å². The summed E-state index contributed by atoms with van der Waals surface area (Å²) in [6.07, 6.45) is 0. The minimum atomic E-state index is -0.380. The Morgan fingerprint density at radius 3 is 2.49 bits per heavy atom. The maximum atomic E-state index is 12.8. The zero-order valence-corrected chi connectivity index (χ0v) is 20.7. The lowest BCUT2D eigenvalue weighted by Gasteiger charge is -2.28. The van der Waals surface area contributed by atoms with Crippen molar-refractivity contribution in [2.75, 3.05) is 50.1 Å². The Morgan fingerprint density at radius 2 is 1.70 bits per heavy atom. The van der Waals surface area contributed by atoms with Gasteiger partial charge in [0.25, 0.3) is 5.91 Å². The van der Waals surface area contributed by atoms with E-state index in [9.17, 15) is 9.59 Å². The number of rotatable bonds is 8. The summed E-state index contributed by atoms with van der Waals surface area (Å²) in [6, 6.07) is 24.9. The lowest BCUT2D eigenvalue weighted by Crippen LogP contribution is -2.36. The van der Waals surface area contributed by atoms with Gasteiger partial charge in [-0.05, 0) is 59.3 Å². The van der Waals surface area contributed by atoms with E-state index >= 15 is 0 Å². The van der Waals surface area contributed by atoms with Crippen molar-refractivity contribution in [1.82, 2.24) is 4.90 Å². The highest BCUT2D eigenvalue weighted by Gasteiger charge is 2.19. The summed E-state index contributed by atoms with van der Waals surface area (Å²) in [4.78, 5) is 28.9. The summed E-state index contributed by atoms with van der Waals surface area (Å²) in [7, 11) is 1.57. The molecule has 1 fully saturated rings. The molecule has 4 aromatic rings. The Kier molecular flexibility index (Phi) is 7.37. The number of carbonyl (C=O) groups is 2.